The van der Waals surface area contributed by atoms with Crippen LogP contribution in [0.5, 0.6) is 0 Å². The first kappa shape index (κ1) is 16.9. The molecule has 1 unspecified atom stereocenters. The first-order valence-corrected chi connectivity index (χ1v) is 8.82. The third kappa shape index (κ3) is 5.57. The molecule has 1 aliphatic heterocycles. The lowest BCUT2D eigenvalue weighted by Gasteiger charge is -2.35. The Hall–Kier alpha value is -0.940. The molecule has 0 N–H and O–H groups in total. The maximum atomic E-state index is 5.97. The van der Waals surface area contributed by atoms with Crippen LogP contribution < -0.4 is 0 Å². The first-order valence-electron chi connectivity index (χ1n) is 8.82. The summed E-state index contributed by atoms with van der Waals surface area (Å²) in [6.07, 6.45) is 3.18. The zero-order valence-corrected chi connectivity index (χ0v) is 14.5. The molecule has 1 aromatic rings. The zero-order chi connectivity index (χ0) is 16.1. The number of benzene rings is 1. The van der Waals surface area contributed by atoms with E-state index in [1.807, 2.05) is 0 Å². The van der Waals surface area contributed by atoms with Crippen molar-refractivity contribution in [1.29, 1.82) is 0 Å². The van der Waals surface area contributed by atoms with E-state index in [4.69, 9.17) is 9.47 Å². The van der Waals surface area contributed by atoms with E-state index >= 15 is 0 Å². The Morgan fingerprint density at radius 1 is 1.17 bits per heavy atom. The minimum atomic E-state index is 0.347. The SMILES string of the molecule is COCc1ccc(CN2CCOC(CN(C)CC3CC3)C2)cc1. The summed E-state index contributed by atoms with van der Waals surface area (Å²) in [6.45, 7) is 6.91. The fourth-order valence-corrected chi connectivity index (χ4v) is 3.36. The molecule has 1 heterocycles. The van der Waals surface area contributed by atoms with Crippen LogP contribution in [0.4, 0.5) is 0 Å². The standard InChI is InChI=1S/C19H30N2O2/c1-20(11-16-3-4-16)13-19-14-21(9-10-23-19)12-17-5-7-18(8-6-17)15-22-2/h5-8,16,19H,3-4,9-15H2,1-2H3. The van der Waals surface area contributed by atoms with Gasteiger partial charge in [-0.25, -0.2) is 0 Å². The van der Waals surface area contributed by atoms with Gasteiger partial charge in [-0.3, -0.25) is 4.90 Å². The van der Waals surface area contributed by atoms with Gasteiger partial charge >= 0.3 is 0 Å². The van der Waals surface area contributed by atoms with Crippen LogP contribution in [-0.4, -0.2) is 62.8 Å². The van der Waals surface area contributed by atoms with Crippen molar-refractivity contribution in [3.8, 4) is 0 Å². The summed E-state index contributed by atoms with van der Waals surface area (Å²) in [6, 6.07) is 8.77. The van der Waals surface area contributed by atoms with Crippen LogP contribution in [0.25, 0.3) is 0 Å². The summed E-state index contributed by atoms with van der Waals surface area (Å²) in [5.41, 5.74) is 2.61. The molecule has 0 amide bonds. The van der Waals surface area contributed by atoms with Gasteiger partial charge in [0.05, 0.1) is 19.3 Å². The van der Waals surface area contributed by atoms with Crippen molar-refractivity contribution in [2.24, 2.45) is 5.92 Å². The predicted octanol–water partition coefficient (Wildman–Crippen LogP) is 2.38. The molecule has 0 spiro atoms. The van der Waals surface area contributed by atoms with Crippen LogP contribution in [0.15, 0.2) is 24.3 Å². The maximum absolute atomic E-state index is 5.97. The van der Waals surface area contributed by atoms with Crippen LogP contribution in [0.1, 0.15) is 24.0 Å². The number of hydrogen-bond acceptors (Lipinski definition) is 4. The molecule has 1 saturated carbocycles. The second kappa shape index (κ2) is 8.25. The van der Waals surface area contributed by atoms with Crippen molar-refractivity contribution in [2.45, 2.75) is 32.1 Å². The van der Waals surface area contributed by atoms with E-state index in [0.717, 1.165) is 38.7 Å². The number of ether oxygens (including phenoxy) is 2. The van der Waals surface area contributed by atoms with Crippen molar-refractivity contribution in [2.75, 3.05) is 46.9 Å². The number of hydrogen-bond donors (Lipinski definition) is 0. The third-order valence-corrected chi connectivity index (χ3v) is 4.75. The van der Waals surface area contributed by atoms with Gasteiger partial charge in [-0.05, 0) is 36.9 Å². The summed E-state index contributed by atoms with van der Waals surface area (Å²) < 4.78 is 11.1. The number of nitrogens with zero attached hydrogens (tertiary/aromatic N) is 2. The molecule has 1 atom stereocenters. The van der Waals surface area contributed by atoms with Gasteiger partial charge in [-0.2, -0.15) is 0 Å². The zero-order valence-electron chi connectivity index (χ0n) is 14.5. The van der Waals surface area contributed by atoms with Gasteiger partial charge in [0, 0.05) is 39.8 Å². The van der Waals surface area contributed by atoms with Crippen molar-refractivity contribution >= 4 is 0 Å². The normalized spacial score (nSPS) is 22.7. The van der Waals surface area contributed by atoms with E-state index in [1.54, 1.807) is 7.11 Å². The van der Waals surface area contributed by atoms with Gasteiger partial charge in [-0.15, -0.1) is 0 Å². The summed E-state index contributed by atoms with van der Waals surface area (Å²) in [7, 11) is 3.97. The highest BCUT2D eigenvalue weighted by atomic mass is 16.5. The number of morpholine rings is 1. The van der Waals surface area contributed by atoms with Crippen LogP contribution in [-0.2, 0) is 22.6 Å². The van der Waals surface area contributed by atoms with Crippen LogP contribution in [0.3, 0.4) is 0 Å². The monoisotopic (exact) mass is 318 g/mol. The van der Waals surface area contributed by atoms with E-state index in [-0.39, 0.29) is 0 Å². The molecule has 4 heteroatoms. The molecule has 2 fully saturated rings. The topological polar surface area (TPSA) is 24.9 Å². The quantitative estimate of drug-likeness (QED) is 0.735. The molecule has 1 saturated heterocycles. The fraction of sp³-hybridized carbons (Fsp3) is 0.684. The molecule has 4 nitrogen and oxygen atoms in total. The Labute approximate surface area is 140 Å². The molecular weight excluding hydrogens is 288 g/mol. The summed E-state index contributed by atoms with van der Waals surface area (Å²) >= 11 is 0. The molecule has 0 aromatic heterocycles. The Morgan fingerprint density at radius 3 is 2.61 bits per heavy atom. The molecule has 3 rings (SSSR count). The van der Waals surface area contributed by atoms with Gasteiger partial charge < -0.3 is 14.4 Å². The molecule has 128 valence electrons. The number of methoxy groups -OCH3 is 1. The predicted molar refractivity (Wildman–Crippen MR) is 92.4 cm³/mol. The Bertz CT molecular complexity index is 473. The van der Waals surface area contributed by atoms with Gasteiger partial charge in [0.25, 0.3) is 0 Å². The summed E-state index contributed by atoms with van der Waals surface area (Å²) in [4.78, 5) is 4.97. The largest absolute Gasteiger partial charge is 0.380 e. The Kier molecular flexibility index (Phi) is 6.06. The highest BCUT2D eigenvalue weighted by Crippen LogP contribution is 2.29. The maximum Gasteiger partial charge on any atom is 0.0829 e. The van der Waals surface area contributed by atoms with Crippen LogP contribution in [0, 0.1) is 5.92 Å². The van der Waals surface area contributed by atoms with Crippen LogP contribution >= 0.6 is 0 Å². The van der Waals surface area contributed by atoms with Gasteiger partial charge in [0.2, 0.25) is 0 Å². The molecule has 1 aliphatic carbocycles. The fourth-order valence-electron chi connectivity index (χ4n) is 3.36. The highest BCUT2D eigenvalue weighted by Gasteiger charge is 2.26. The second-order valence-corrected chi connectivity index (χ2v) is 7.14. The van der Waals surface area contributed by atoms with E-state index in [0.29, 0.717) is 12.7 Å². The van der Waals surface area contributed by atoms with Crippen molar-refractivity contribution in [1.82, 2.24) is 9.80 Å². The van der Waals surface area contributed by atoms with Crippen molar-refractivity contribution < 1.29 is 9.47 Å². The van der Waals surface area contributed by atoms with Crippen molar-refractivity contribution in [3.63, 3.8) is 0 Å². The minimum Gasteiger partial charge on any atom is -0.380 e. The molecule has 0 radical (unpaired) electrons. The van der Waals surface area contributed by atoms with Gasteiger partial charge in [0.1, 0.15) is 0 Å². The summed E-state index contributed by atoms with van der Waals surface area (Å²) in [5.74, 6) is 0.949. The smallest absolute Gasteiger partial charge is 0.0829 e. The highest BCUT2D eigenvalue weighted by molar-refractivity contribution is 5.22. The average molecular weight is 318 g/mol. The van der Waals surface area contributed by atoms with E-state index in [2.05, 4.69) is 41.1 Å². The Morgan fingerprint density at radius 2 is 1.91 bits per heavy atom. The van der Waals surface area contributed by atoms with Gasteiger partial charge in [-0.1, -0.05) is 24.3 Å². The molecular formula is C19H30N2O2. The lowest BCUT2D eigenvalue weighted by molar-refractivity contribution is -0.0434. The van der Waals surface area contributed by atoms with E-state index in [9.17, 15) is 0 Å². The molecule has 23 heavy (non-hydrogen) atoms. The lowest BCUT2D eigenvalue weighted by atomic mass is 10.1. The lowest BCUT2D eigenvalue weighted by Crippen LogP contribution is -2.46. The van der Waals surface area contributed by atoms with E-state index in [1.165, 1.54) is 30.5 Å². The minimum absolute atomic E-state index is 0.347. The number of likely N-dealkylation sites (N-methyl/N-ethyl adjacent to an activating group) is 1. The van der Waals surface area contributed by atoms with E-state index < -0.39 is 0 Å². The molecule has 1 aromatic carbocycles. The second-order valence-electron chi connectivity index (χ2n) is 7.14. The first-order chi connectivity index (χ1) is 11.2. The van der Waals surface area contributed by atoms with Gasteiger partial charge in [0.15, 0.2) is 0 Å². The molecule has 2 aliphatic rings. The summed E-state index contributed by atoms with van der Waals surface area (Å²) in [5, 5.41) is 0. The third-order valence-electron chi connectivity index (χ3n) is 4.75. The molecule has 0 bridgehead atoms. The van der Waals surface area contributed by atoms with Crippen molar-refractivity contribution in [3.05, 3.63) is 35.4 Å². The van der Waals surface area contributed by atoms with Crippen LogP contribution in [0.2, 0.25) is 0 Å². The Balaban J connectivity index is 1.45. The number of rotatable bonds is 8. The average Bonchev–Trinajstić information content (AvgIpc) is 3.34.